The van der Waals surface area contributed by atoms with Crippen LogP contribution in [-0.4, -0.2) is 54.6 Å². The van der Waals surface area contributed by atoms with Crippen molar-refractivity contribution in [2.75, 3.05) is 39.3 Å². The summed E-state index contributed by atoms with van der Waals surface area (Å²) >= 11 is 0. The van der Waals surface area contributed by atoms with Gasteiger partial charge < -0.3 is 10.6 Å². The molecule has 1 rings (SSSR count). The fourth-order valence-electron chi connectivity index (χ4n) is 3.32. The SMILES string of the molecule is CCCC(CCN)CCCN1CCN(C(C)(C)C)CC1. The largest absolute Gasteiger partial charge is 0.330 e. The Morgan fingerprint density at radius 3 is 2.15 bits per heavy atom. The summed E-state index contributed by atoms with van der Waals surface area (Å²) < 4.78 is 0. The second kappa shape index (κ2) is 9.01. The van der Waals surface area contributed by atoms with Crippen LogP contribution in [0.2, 0.25) is 0 Å². The first-order valence-corrected chi connectivity index (χ1v) is 8.64. The third-order valence-corrected chi connectivity index (χ3v) is 4.68. The summed E-state index contributed by atoms with van der Waals surface area (Å²) in [5.41, 5.74) is 6.05. The van der Waals surface area contributed by atoms with Gasteiger partial charge in [-0.1, -0.05) is 19.8 Å². The van der Waals surface area contributed by atoms with Gasteiger partial charge >= 0.3 is 0 Å². The van der Waals surface area contributed by atoms with E-state index in [2.05, 4.69) is 37.5 Å². The Morgan fingerprint density at radius 2 is 1.65 bits per heavy atom. The van der Waals surface area contributed by atoms with E-state index >= 15 is 0 Å². The lowest BCUT2D eigenvalue weighted by Crippen LogP contribution is -2.53. The first-order chi connectivity index (χ1) is 9.47. The molecular weight excluding hydrogens is 246 g/mol. The minimum Gasteiger partial charge on any atom is -0.330 e. The van der Waals surface area contributed by atoms with Gasteiger partial charge in [-0.25, -0.2) is 0 Å². The van der Waals surface area contributed by atoms with Gasteiger partial charge in [0, 0.05) is 31.7 Å². The number of nitrogens with two attached hydrogens (primary N) is 1. The molecule has 1 atom stereocenters. The first kappa shape index (κ1) is 17.9. The van der Waals surface area contributed by atoms with E-state index in [0.29, 0.717) is 5.54 Å². The van der Waals surface area contributed by atoms with E-state index in [0.717, 1.165) is 12.5 Å². The average Bonchev–Trinajstić information content (AvgIpc) is 2.39. The van der Waals surface area contributed by atoms with E-state index in [1.165, 1.54) is 64.8 Å². The summed E-state index contributed by atoms with van der Waals surface area (Å²) in [6.45, 7) is 16.3. The topological polar surface area (TPSA) is 32.5 Å². The van der Waals surface area contributed by atoms with E-state index in [1.54, 1.807) is 0 Å². The number of hydrogen-bond acceptors (Lipinski definition) is 3. The molecule has 2 N–H and O–H groups in total. The maximum atomic E-state index is 5.71. The zero-order chi connectivity index (χ0) is 15.0. The van der Waals surface area contributed by atoms with Crippen molar-refractivity contribution >= 4 is 0 Å². The van der Waals surface area contributed by atoms with E-state index in [9.17, 15) is 0 Å². The van der Waals surface area contributed by atoms with Crippen molar-refractivity contribution in [3.8, 4) is 0 Å². The van der Waals surface area contributed by atoms with E-state index in [-0.39, 0.29) is 0 Å². The minimum absolute atomic E-state index is 0.333. The lowest BCUT2D eigenvalue weighted by molar-refractivity contribution is 0.0610. The van der Waals surface area contributed by atoms with E-state index < -0.39 is 0 Å². The quantitative estimate of drug-likeness (QED) is 0.743. The third kappa shape index (κ3) is 6.55. The highest BCUT2D eigenvalue weighted by Gasteiger charge is 2.25. The molecule has 1 aliphatic heterocycles. The molecule has 1 aliphatic rings. The van der Waals surface area contributed by atoms with Crippen LogP contribution in [0.5, 0.6) is 0 Å². The van der Waals surface area contributed by atoms with Crippen LogP contribution in [0, 0.1) is 5.92 Å². The van der Waals surface area contributed by atoms with Crippen molar-refractivity contribution in [3.05, 3.63) is 0 Å². The van der Waals surface area contributed by atoms with Crippen molar-refractivity contribution in [1.29, 1.82) is 0 Å². The zero-order valence-electron chi connectivity index (χ0n) is 14.3. The third-order valence-electron chi connectivity index (χ3n) is 4.68. The van der Waals surface area contributed by atoms with Crippen molar-refractivity contribution in [3.63, 3.8) is 0 Å². The summed E-state index contributed by atoms with van der Waals surface area (Å²) in [4.78, 5) is 5.26. The normalized spacial score (nSPS) is 20.2. The fourth-order valence-corrected chi connectivity index (χ4v) is 3.32. The summed E-state index contributed by atoms with van der Waals surface area (Å²) in [5.74, 6) is 0.862. The molecule has 0 bridgehead atoms. The van der Waals surface area contributed by atoms with E-state index in [4.69, 9.17) is 5.73 Å². The van der Waals surface area contributed by atoms with Crippen LogP contribution >= 0.6 is 0 Å². The molecule has 0 aliphatic carbocycles. The van der Waals surface area contributed by atoms with Crippen molar-refractivity contribution in [1.82, 2.24) is 9.80 Å². The Kier molecular flexibility index (Phi) is 8.08. The maximum Gasteiger partial charge on any atom is 0.0126 e. The molecule has 0 spiro atoms. The lowest BCUT2D eigenvalue weighted by Gasteiger charge is -2.42. The molecule has 3 heteroatoms. The molecule has 0 radical (unpaired) electrons. The highest BCUT2D eigenvalue weighted by Crippen LogP contribution is 2.19. The van der Waals surface area contributed by atoms with Crippen LogP contribution in [0.25, 0.3) is 0 Å². The molecule has 0 saturated carbocycles. The van der Waals surface area contributed by atoms with Gasteiger partial charge in [0.15, 0.2) is 0 Å². The predicted octanol–water partition coefficient (Wildman–Crippen LogP) is 2.95. The van der Waals surface area contributed by atoms with Crippen molar-refractivity contribution < 1.29 is 0 Å². The Morgan fingerprint density at radius 1 is 1.00 bits per heavy atom. The molecule has 0 aromatic rings. The van der Waals surface area contributed by atoms with Crippen molar-refractivity contribution in [2.45, 2.75) is 65.3 Å². The highest BCUT2D eigenvalue weighted by molar-refractivity contribution is 4.81. The zero-order valence-corrected chi connectivity index (χ0v) is 14.3. The molecule has 20 heavy (non-hydrogen) atoms. The van der Waals surface area contributed by atoms with Gasteiger partial charge in [-0.3, -0.25) is 4.90 Å². The van der Waals surface area contributed by atoms with Crippen LogP contribution in [-0.2, 0) is 0 Å². The monoisotopic (exact) mass is 283 g/mol. The molecule has 3 nitrogen and oxygen atoms in total. The molecule has 120 valence electrons. The van der Waals surface area contributed by atoms with Crippen molar-refractivity contribution in [2.24, 2.45) is 11.7 Å². The van der Waals surface area contributed by atoms with Gasteiger partial charge in [-0.15, -0.1) is 0 Å². The number of rotatable bonds is 8. The molecule has 1 heterocycles. The summed E-state index contributed by atoms with van der Waals surface area (Å²) in [6, 6.07) is 0. The predicted molar refractivity (Wildman–Crippen MR) is 89.1 cm³/mol. The molecular formula is C17H37N3. The Balaban J connectivity index is 2.17. The summed E-state index contributed by atoms with van der Waals surface area (Å²) in [6.07, 6.45) is 6.58. The molecule has 0 aromatic heterocycles. The van der Waals surface area contributed by atoms with Crippen LogP contribution in [0.15, 0.2) is 0 Å². The fraction of sp³-hybridized carbons (Fsp3) is 1.00. The second-order valence-corrected chi connectivity index (χ2v) is 7.37. The van der Waals surface area contributed by atoms with Gasteiger partial charge in [-0.2, -0.15) is 0 Å². The molecule has 1 fully saturated rings. The maximum absolute atomic E-state index is 5.71. The minimum atomic E-state index is 0.333. The van der Waals surface area contributed by atoms with Gasteiger partial charge in [0.2, 0.25) is 0 Å². The Bertz CT molecular complexity index is 233. The standard InChI is InChI=1S/C17H37N3/c1-5-7-16(9-10-18)8-6-11-19-12-14-20(15-13-19)17(2,3)4/h16H,5-15,18H2,1-4H3. The molecule has 0 amide bonds. The van der Waals surface area contributed by atoms with Crippen LogP contribution in [0.1, 0.15) is 59.8 Å². The molecule has 1 unspecified atom stereocenters. The average molecular weight is 284 g/mol. The first-order valence-electron chi connectivity index (χ1n) is 8.64. The van der Waals surface area contributed by atoms with Crippen LogP contribution < -0.4 is 5.73 Å². The lowest BCUT2D eigenvalue weighted by atomic mass is 9.94. The van der Waals surface area contributed by atoms with Crippen LogP contribution in [0.4, 0.5) is 0 Å². The smallest absolute Gasteiger partial charge is 0.0126 e. The number of hydrogen-bond donors (Lipinski definition) is 1. The number of piperazine rings is 1. The highest BCUT2D eigenvalue weighted by atomic mass is 15.3. The number of nitrogens with zero attached hydrogens (tertiary/aromatic N) is 2. The van der Waals surface area contributed by atoms with Gasteiger partial charge in [-0.05, 0) is 59.0 Å². The van der Waals surface area contributed by atoms with Gasteiger partial charge in [0.1, 0.15) is 0 Å². The second-order valence-electron chi connectivity index (χ2n) is 7.37. The molecule has 0 aromatic carbocycles. The summed E-state index contributed by atoms with van der Waals surface area (Å²) in [5, 5.41) is 0. The summed E-state index contributed by atoms with van der Waals surface area (Å²) in [7, 11) is 0. The van der Waals surface area contributed by atoms with Gasteiger partial charge in [0.05, 0.1) is 0 Å². The van der Waals surface area contributed by atoms with E-state index in [1.807, 2.05) is 0 Å². The molecule has 1 saturated heterocycles. The Hall–Kier alpha value is -0.120. The van der Waals surface area contributed by atoms with Gasteiger partial charge in [0.25, 0.3) is 0 Å². The van der Waals surface area contributed by atoms with Crippen LogP contribution in [0.3, 0.4) is 0 Å². The Labute approximate surface area is 126 Å².